The quantitative estimate of drug-likeness (QED) is 0.552. The number of hydrogen-bond donors (Lipinski definition) is 0. The maximum atomic E-state index is 10.2. The molecule has 0 amide bonds. The van der Waals surface area contributed by atoms with Crippen LogP contribution in [0.3, 0.4) is 0 Å². The van der Waals surface area contributed by atoms with Gasteiger partial charge in [-0.1, -0.05) is 46.4 Å². The van der Waals surface area contributed by atoms with E-state index < -0.39 is 0 Å². The maximum Gasteiger partial charge on any atom is 0.151 e. The summed E-state index contributed by atoms with van der Waals surface area (Å²) in [5.41, 5.74) is -0.191. The lowest BCUT2D eigenvalue weighted by atomic mass is 10.4. The van der Waals surface area contributed by atoms with Crippen molar-refractivity contribution in [2.45, 2.75) is 0 Å². The molecule has 3 nitrogen and oxygen atoms in total. The van der Waals surface area contributed by atoms with E-state index in [9.17, 15) is 4.91 Å². The summed E-state index contributed by atoms with van der Waals surface area (Å²) in [7, 11) is 0. The lowest BCUT2D eigenvalue weighted by molar-refractivity contribution is 1.31. The zero-order valence-electron chi connectivity index (χ0n) is 5.31. The molecule has 12 heavy (non-hydrogen) atoms. The second kappa shape index (κ2) is 3.75. The summed E-state index contributed by atoms with van der Waals surface area (Å²) in [6.45, 7) is 0. The Hall–Kier alpha value is -0.0900. The first kappa shape index (κ1) is 9.99. The maximum absolute atomic E-state index is 10.2. The van der Waals surface area contributed by atoms with Crippen molar-refractivity contribution in [3.63, 3.8) is 0 Å². The number of rotatable bonds is 1. The van der Waals surface area contributed by atoms with E-state index in [1.54, 1.807) is 0 Å². The molecule has 1 aromatic heterocycles. The number of nitrogens with zero attached hydrogens (tertiary/aromatic N) is 2. The Morgan fingerprint density at radius 3 is 1.75 bits per heavy atom. The molecule has 7 heteroatoms. The Morgan fingerprint density at radius 2 is 1.42 bits per heavy atom. The summed E-state index contributed by atoms with van der Waals surface area (Å²) in [5.74, 6) is 0. The van der Waals surface area contributed by atoms with Crippen LogP contribution in [0.15, 0.2) is 5.18 Å². The monoisotopic (exact) mass is 244 g/mol. The summed E-state index contributed by atoms with van der Waals surface area (Å²) in [6.07, 6.45) is 0. The topological polar surface area (TPSA) is 42.3 Å². The van der Waals surface area contributed by atoms with Gasteiger partial charge in [0.25, 0.3) is 0 Å². The van der Waals surface area contributed by atoms with Crippen LogP contribution in [0.1, 0.15) is 0 Å². The highest BCUT2D eigenvalue weighted by molar-refractivity contribution is 6.48. The van der Waals surface area contributed by atoms with Gasteiger partial charge in [-0.2, -0.15) is 0 Å². The van der Waals surface area contributed by atoms with E-state index in [2.05, 4.69) is 10.2 Å². The van der Waals surface area contributed by atoms with Crippen molar-refractivity contribution in [3.8, 4) is 0 Å². The number of halogens is 4. The van der Waals surface area contributed by atoms with Crippen molar-refractivity contribution in [1.29, 1.82) is 0 Å². The van der Waals surface area contributed by atoms with E-state index in [1.165, 1.54) is 0 Å². The summed E-state index contributed by atoms with van der Waals surface area (Å²) in [6, 6.07) is 0. The van der Waals surface area contributed by atoms with Crippen molar-refractivity contribution in [2.75, 3.05) is 0 Å². The highest BCUT2D eigenvalue weighted by Gasteiger charge is 2.15. The Morgan fingerprint density at radius 1 is 1.00 bits per heavy atom. The predicted octanol–water partition coefficient (Wildman–Crippen LogP) is 4.09. The van der Waals surface area contributed by atoms with Gasteiger partial charge in [-0.05, 0) is 5.18 Å². The Balaban J connectivity index is 3.52. The zero-order chi connectivity index (χ0) is 9.30. The van der Waals surface area contributed by atoms with Crippen molar-refractivity contribution in [2.24, 2.45) is 5.18 Å². The first-order chi connectivity index (χ1) is 5.57. The standard InChI is InChI=1S/C5Cl4N2O/c6-1-3(11-12)2(7)5(9)10-4(1)8. The molecule has 0 aromatic carbocycles. The number of hydrogen-bond acceptors (Lipinski definition) is 3. The van der Waals surface area contributed by atoms with Crippen LogP contribution < -0.4 is 0 Å². The summed E-state index contributed by atoms with van der Waals surface area (Å²) >= 11 is 22.0. The Kier molecular flexibility index (Phi) is 3.12. The molecule has 0 N–H and O–H groups in total. The van der Waals surface area contributed by atoms with Crippen LogP contribution in [0, 0.1) is 4.91 Å². The zero-order valence-corrected chi connectivity index (χ0v) is 8.34. The smallest absolute Gasteiger partial charge is 0.151 e. The molecule has 0 aliphatic heterocycles. The molecule has 64 valence electrons. The Bertz CT molecular complexity index is 314. The average molecular weight is 246 g/mol. The van der Waals surface area contributed by atoms with Crippen LogP contribution in [0.25, 0.3) is 0 Å². The van der Waals surface area contributed by atoms with Gasteiger partial charge in [-0.15, -0.1) is 4.91 Å². The lowest BCUT2D eigenvalue weighted by Gasteiger charge is -2.00. The highest BCUT2D eigenvalue weighted by atomic mass is 35.5. The van der Waals surface area contributed by atoms with Crippen LogP contribution in [0.5, 0.6) is 0 Å². The van der Waals surface area contributed by atoms with E-state index in [4.69, 9.17) is 46.4 Å². The number of pyridine rings is 1. The fraction of sp³-hybridized carbons (Fsp3) is 0. The summed E-state index contributed by atoms with van der Waals surface area (Å²) in [4.78, 5) is 13.7. The van der Waals surface area contributed by atoms with Gasteiger partial charge in [0.1, 0.15) is 10.0 Å². The molecule has 0 saturated heterocycles. The van der Waals surface area contributed by atoms with Gasteiger partial charge >= 0.3 is 0 Å². The molecule has 0 radical (unpaired) electrons. The minimum Gasteiger partial charge on any atom is -0.221 e. The molecule has 0 saturated carbocycles. The molecule has 1 aromatic rings. The van der Waals surface area contributed by atoms with Crippen LogP contribution in [0.4, 0.5) is 5.69 Å². The first-order valence-electron chi connectivity index (χ1n) is 2.61. The van der Waals surface area contributed by atoms with Gasteiger partial charge in [0.05, 0.1) is 0 Å². The van der Waals surface area contributed by atoms with E-state index >= 15 is 0 Å². The first-order valence-corrected chi connectivity index (χ1v) is 4.12. The number of nitroso groups, excluding NO2 is 1. The van der Waals surface area contributed by atoms with E-state index in [0.717, 1.165) is 0 Å². The molecule has 0 unspecified atom stereocenters. The van der Waals surface area contributed by atoms with Crippen LogP contribution in [-0.4, -0.2) is 4.98 Å². The van der Waals surface area contributed by atoms with E-state index in [0.29, 0.717) is 0 Å². The van der Waals surface area contributed by atoms with E-state index in [-0.39, 0.29) is 26.0 Å². The van der Waals surface area contributed by atoms with Gasteiger partial charge in [0, 0.05) is 0 Å². The van der Waals surface area contributed by atoms with Crippen molar-refractivity contribution < 1.29 is 0 Å². The van der Waals surface area contributed by atoms with Gasteiger partial charge in [0.2, 0.25) is 0 Å². The van der Waals surface area contributed by atoms with Crippen LogP contribution >= 0.6 is 46.4 Å². The molecular weight excluding hydrogens is 246 g/mol. The number of aromatic nitrogens is 1. The SMILES string of the molecule is O=Nc1c(Cl)c(Cl)nc(Cl)c1Cl. The molecule has 0 bridgehead atoms. The fourth-order valence-corrected chi connectivity index (χ4v) is 1.34. The van der Waals surface area contributed by atoms with Crippen molar-refractivity contribution in [1.82, 2.24) is 4.98 Å². The largest absolute Gasteiger partial charge is 0.221 e. The molecular formula is C5Cl4N2O. The minimum absolute atomic E-state index is 0.0962. The third-order valence-electron chi connectivity index (χ3n) is 1.07. The molecule has 1 heterocycles. The third kappa shape index (κ3) is 1.64. The third-order valence-corrected chi connectivity index (χ3v) is 2.52. The predicted molar refractivity (Wildman–Crippen MR) is 49.7 cm³/mol. The highest BCUT2D eigenvalue weighted by Crippen LogP contribution is 2.40. The van der Waals surface area contributed by atoms with Gasteiger partial charge < -0.3 is 0 Å². The Labute approximate surface area is 87.6 Å². The second-order valence-electron chi connectivity index (χ2n) is 1.76. The molecule has 0 aliphatic rings. The summed E-state index contributed by atoms with van der Waals surface area (Å²) in [5, 5.41) is 2.18. The van der Waals surface area contributed by atoms with Crippen LogP contribution in [0.2, 0.25) is 20.4 Å². The molecule has 1 rings (SSSR count). The average Bonchev–Trinajstić information content (AvgIpc) is 2.02. The van der Waals surface area contributed by atoms with E-state index in [1.807, 2.05) is 0 Å². The van der Waals surface area contributed by atoms with Gasteiger partial charge in [-0.25, -0.2) is 4.98 Å². The van der Waals surface area contributed by atoms with Gasteiger partial charge in [-0.3, -0.25) is 0 Å². The second-order valence-corrected chi connectivity index (χ2v) is 3.23. The molecule has 0 aliphatic carbocycles. The molecule has 0 atom stereocenters. The molecule has 0 fully saturated rings. The summed E-state index contributed by atoms with van der Waals surface area (Å²) < 4.78 is 0. The van der Waals surface area contributed by atoms with Crippen molar-refractivity contribution >= 4 is 52.1 Å². The van der Waals surface area contributed by atoms with Crippen molar-refractivity contribution in [3.05, 3.63) is 25.3 Å². The fourth-order valence-electron chi connectivity index (χ4n) is 0.556. The lowest BCUT2D eigenvalue weighted by Crippen LogP contribution is -1.81. The minimum atomic E-state index is -0.191. The normalized spacial score (nSPS) is 10.0. The van der Waals surface area contributed by atoms with Crippen LogP contribution in [-0.2, 0) is 0 Å². The molecule has 0 spiro atoms. The van der Waals surface area contributed by atoms with Gasteiger partial charge in [0.15, 0.2) is 16.0 Å².